The fourth-order valence-electron chi connectivity index (χ4n) is 0.167. The Balaban J connectivity index is 2.34. The van der Waals surface area contributed by atoms with Gasteiger partial charge in [0.1, 0.15) is 0 Å². The van der Waals surface area contributed by atoms with Gasteiger partial charge in [0, 0.05) is 6.61 Å². The highest BCUT2D eigenvalue weighted by molar-refractivity contribution is 5.97. The van der Waals surface area contributed by atoms with Crippen LogP contribution in [0.3, 0.4) is 0 Å². The van der Waals surface area contributed by atoms with Gasteiger partial charge >= 0.3 is 0 Å². The monoisotopic (exact) mass is 85.1 g/mol. The van der Waals surface area contributed by atoms with E-state index in [0.717, 1.165) is 6.42 Å². The molecule has 0 bridgehead atoms. The molecule has 0 atom stereocenters. The number of hydrogen-bond donors (Lipinski definition) is 1. The third kappa shape index (κ3) is 3.98. The molecule has 2 radical (unpaired) electrons. The summed E-state index contributed by atoms with van der Waals surface area (Å²) in [6.07, 6.45) is 0.844. The van der Waals surface area contributed by atoms with Crippen LogP contribution in [0, 0.1) is 0 Å². The van der Waals surface area contributed by atoms with Gasteiger partial charge in [-0.3, -0.25) is 0 Å². The second-order valence-electron chi connectivity index (χ2n) is 1.01. The predicted octanol–water partition coefficient (Wildman–Crippen LogP) is -0.565. The fraction of sp³-hybridized carbons (Fsp3) is 1.00. The van der Waals surface area contributed by atoms with Crippen LogP contribution in [0.15, 0.2) is 0 Å². The molecule has 3 heteroatoms. The smallest absolute Gasteiger partial charge is 0.282 e. The lowest BCUT2D eigenvalue weighted by Gasteiger charge is -1.90. The molecule has 34 valence electrons. The number of nitrogens with two attached hydrogens (primary N) is 1. The minimum Gasteiger partial charge on any atom is -0.448 e. The minimum absolute atomic E-state index is 0.566. The molecule has 0 aliphatic rings. The summed E-state index contributed by atoms with van der Waals surface area (Å²) in [6, 6.07) is 0. The molecule has 0 aromatic heterocycles. The standard InChI is InChI=1S/C3H8BNO/c4-6-3-1-2-5/h1-3,5H2. The highest BCUT2D eigenvalue weighted by Gasteiger charge is 1.74. The Hall–Kier alpha value is -0.0151. The van der Waals surface area contributed by atoms with E-state index in [-0.39, 0.29) is 0 Å². The Morgan fingerprint density at radius 2 is 2.33 bits per heavy atom. The van der Waals surface area contributed by atoms with Crippen molar-refractivity contribution in [2.24, 2.45) is 5.73 Å². The van der Waals surface area contributed by atoms with Crippen molar-refractivity contribution in [1.29, 1.82) is 0 Å². The Morgan fingerprint density at radius 3 is 2.50 bits per heavy atom. The summed E-state index contributed by atoms with van der Waals surface area (Å²) in [5.41, 5.74) is 5.08. The lowest BCUT2D eigenvalue weighted by atomic mass is 10.4. The zero-order valence-electron chi connectivity index (χ0n) is 3.68. The van der Waals surface area contributed by atoms with Crippen molar-refractivity contribution in [2.75, 3.05) is 13.2 Å². The van der Waals surface area contributed by atoms with E-state index in [1.54, 1.807) is 0 Å². The van der Waals surface area contributed by atoms with Crippen LogP contribution in [0.2, 0.25) is 0 Å². The first-order valence-corrected chi connectivity index (χ1v) is 1.93. The molecule has 0 fully saturated rings. The van der Waals surface area contributed by atoms with E-state index in [1.165, 1.54) is 0 Å². The second-order valence-corrected chi connectivity index (χ2v) is 1.01. The molecule has 0 aromatic carbocycles. The van der Waals surface area contributed by atoms with Crippen LogP contribution < -0.4 is 5.73 Å². The molecular weight excluding hydrogens is 76.9 g/mol. The van der Waals surface area contributed by atoms with E-state index in [1.807, 2.05) is 0 Å². The molecule has 0 saturated heterocycles. The molecule has 0 spiro atoms. The number of hydrogen-bond acceptors (Lipinski definition) is 2. The van der Waals surface area contributed by atoms with Crippen molar-refractivity contribution >= 4 is 8.05 Å². The van der Waals surface area contributed by atoms with E-state index in [9.17, 15) is 0 Å². The molecule has 2 nitrogen and oxygen atoms in total. The molecule has 0 rings (SSSR count). The minimum atomic E-state index is 0.566. The zero-order valence-corrected chi connectivity index (χ0v) is 3.68. The maximum atomic E-state index is 5.08. The largest absolute Gasteiger partial charge is 0.448 e. The van der Waals surface area contributed by atoms with Gasteiger partial charge in [-0.15, -0.1) is 0 Å². The molecule has 0 amide bonds. The lowest BCUT2D eigenvalue weighted by Crippen LogP contribution is -2.02. The molecule has 0 heterocycles. The Bertz CT molecular complexity index is 22.8. The van der Waals surface area contributed by atoms with Crippen LogP contribution >= 0.6 is 0 Å². The van der Waals surface area contributed by atoms with Crippen molar-refractivity contribution in [3.05, 3.63) is 0 Å². The summed E-state index contributed by atoms with van der Waals surface area (Å²) >= 11 is 0. The average molecular weight is 84.9 g/mol. The second kappa shape index (κ2) is 4.98. The van der Waals surface area contributed by atoms with Crippen LogP contribution in [0.25, 0.3) is 0 Å². The van der Waals surface area contributed by atoms with E-state index in [2.05, 4.69) is 12.7 Å². The Labute approximate surface area is 39.1 Å². The predicted molar refractivity (Wildman–Crippen MR) is 25.4 cm³/mol. The maximum Gasteiger partial charge on any atom is 0.282 e. The van der Waals surface area contributed by atoms with Crippen molar-refractivity contribution in [1.82, 2.24) is 0 Å². The van der Waals surface area contributed by atoms with Gasteiger partial charge in [0.25, 0.3) is 8.05 Å². The van der Waals surface area contributed by atoms with Gasteiger partial charge < -0.3 is 10.4 Å². The van der Waals surface area contributed by atoms with Crippen molar-refractivity contribution in [2.45, 2.75) is 6.42 Å². The third-order valence-electron chi connectivity index (χ3n) is 0.466. The summed E-state index contributed by atoms with van der Waals surface area (Å²) in [4.78, 5) is 0. The zero-order chi connectivity index (χ0) is 4.83. The van der Waals surface area contributed by atoms with Gasteiger partial charge in [0.05, 0.1) is 0 Å². The van der Waals surface area contributed by atoms with Crippen molar-refractivity contribution in [3.63, 3.8) is 0 Å². The van der Waals surface area contributed by atoms with Gasteiger partial charge in [0.15, 0.2) is 0 Å². The normalized spacial score (nSPS) is 8.83. The van der Waals surface area contributed by atoms with E-state index >= 15 is 0 Å². The molecule has 2 N–H and O–H groups in total. The first kappa shape index (κ1) is 5.98. The molecule has 0 aliphatic heterocycles. The molecule has 0 aromatic rings. The first-order chi connectivity index (χ1) is 2.91. The van der Waals surface area contributed by atoms with Crippen LogP contribution in [0.1, 0.15) is 6.42 Å². The molecule has 6 heavy (non-hydrogen) atoms. The Kier molecular flexibility index (Phi) is 4.97. The van der Waals surface area contributed by atoms with E-state index in [4.69, 9.17) is 5.73 Å². The van der Waals surface area contributed by atoms with Gasteiger partial charge in [-0.1, -0.05) is 0 Å². The van der Waals surface area contributed by atoms with Crippen LogP contribution in [0.5, 0.6) is 0 Å². The summed E-state index contributed by atoms with van der Waals surface area (Å²) in [5.74, 6) is 0. The Morgan fingerprint density at radius 1 is 1.67 bits per heavy atom. The molecule has 0 unspecified atom stereocenters. The van der Waals surface area contributed by atoms with Crippen molar-refractivity contribution < 1.29 is 4.65 Å². The summed E-state index contributed by atoms with van der Waals surface area (Å²) in [7, 11) is 4.66. The molecular formula is C3H8BNO. The highest BCUT2D eigenvalue weighted by Crippen LogP contribution is 1.70. The summed E-state index contributed by atoms with van der Waals surface area (Å²) < 4.78 is 4.20. The topological polar surface area (TPSA) is 35.2 Å². The van der Waals surface area contributed by atoms with E-state index in [0.29, 0.717) is 13.2 Å². The first-order valence-electron chi connectivity index (χ1n) is 1.93. The fourth-order valence-corrected chi connectivity index (χ4v) is 0.167. The summed E-state index contributed by atoms with van der Waals surface area (Å²) in [5, 5.41) is 0. The average Bonchev–Trinajstić information content (AvgIpc) is 1.61. The van der Waals surface area contributed by atoms with Crippen molar-refractivity contribution in [3.8, 4) is 0 Å². The van der Waals surface area contributed by atoms with Gasteiger partial charge in [-0.25, -0.2) is 0 Å². The van der Waals surface area contributed by atoms with Gasteiger partial charge in [0.2, 0.25) is 0 Å². The molecule has 0 saturated carbocycles. The lowest BCUT2D eigenvalue weighted by molar-refractivity contribution is 0.344. The third-order valence-corrected chi connectivity index (χ3v) is 0.466. The van der Waals surface area contributed by atoms with Crippen LogP contribution in [-0.4, -0.2) is 21.2 Å². The molecule has 0 aliphatic carbocycles. The van der Waals surface area contributed by atoms with Gasteiger partial charge in [-0.05, 0) is 13.0 Å². The van der Waals surface area contributed by atoms with E-state index < -0.39 is 0 Å². The SMILES string of the molecule is [B]OCCCN. The van der Waals surface area contributed by atoms with Gasteiger partial charge in [-0.2, -0.15) is 0 Å². The highest BCUT2D eigenvalue weighted by atomic mass is 16.4. The maximum absolute atomic E-state index is 5.08. The van der Waals surface area contributed by atoms with Crippen LogP contribution in [0.4, 0.5) is 0 Å². The number of rotatable bonds is 3. The quantitative estimate of drug-likeness (QED) is 0.368. The summed E-state index contributed by atoms with van der Waals surface area (Å²) in [6.45, 7) is 1.22. The van der Waals surface area contributed by atoms with Crippen LogP contribution in [-0.2, 0) is 4.65 Å².